The highest BCUT2D eigenvalue weighted by molar-refractivity contribution is 5.91. The van der Waals surface area contributed by atoms with E-state index in [1.165, 1.54) is 18.2 Å². The van der Waals surface area contributed by atoms with Gasteiger partial charge in [-0.05, 0) is 43.2 Å². The molecule has 0 spiro atoms. The zero-order chi connectivity index (χ0) is 17.4. The maximum atomic E-state index is 12.0. The molecule has 1 aromatic carbocycles. The van der Waals surface area contributed by atoms with E-state index in [2.05, 4.69) is 15.2 Å². The van der Waals surface area contributed by atoms with Gasteiger partial charge >= 0.3 is 6.61 Å². The number of aromatic nitrogens is 2. The van der Waals surface area contributed by atoms with Gasteiger partial charge in [0.15, 0.2) is 0 Å². The molecule has 2 rings (SSSR count). The minimum absolute atomic E-state index is 0.0838. The lowest BCUT2D eigenvalue weighted by molar-refractivity contribution is -0.116. The van der Waals surface area contributed by atoms with Gasteiger partial charge in [-0.15, -0.1) is 0 Å². The fourth-order valence-corrected chi connectivity index (χ4v) is 2.03. The van der Waals surface area contributed by atoms with E-state index < -0.39 is 6.61 Å². The van der Waals surface area contributed by atoms with Crippen LogP contribution in [0.5, 0.6) is 5.75 Å². The second-order valence-electron chi connectivity index (χ2n) is 5.15. The van der Waals surface area contributed by atoms with Gasteiger partial charge in [-0.25, -0.2) is 0 Å². The molecule has 128 valence electrons. The van der Waals surface area contributed by atoms with Gasteiger partial charge in [0.1, 0.15) is 5.75 Å². The van der Waals surface area contributed by atoms with Crippen LogP contribution in [0.25, 0.3) is 6.08 Å². The van der Waals surface area contributed by atoms with Gasteiger partial charge in [0.25, 0.3) is 0 Å². The van der Waals surface area contributed by atoms with Gasteiger partial charge in [0.2, 0.25) is 5.91 Å². The average Bonchev–Trinajstić information content (AvgIpc) is 2.96. The smallest absolute Gasteiger partial charge is 0.387 e. The number of hydrogen-bond donors (Lipinski definition) is 1. The third kappa shape index (κ3) is 6.20. The predicted molar refractivity (Wildman–Crippen MR) is 86.7 cm³/mol. The fourth-order valence-electron chi connectivity index (χ4n) is 2.03. The van der Waals surface area contributed by atoms with Crippen molar-refractivity contribution in [3.8, 4) is 5.75 Å². The summed E-state index contributed by atoms with van der Waals surface area (Å²) in [5.74, 6) is -0.125. The third-order valence-corrected chi connectivity index (χ3v) is 3.17. The van der Waals surface area contributed by atoms with Crippen molar-refractivity contribution in [1.82, 2.24) is 15.1 Å². The van der Waals surface area contributed by atoms with E-state index in [0.29, 0.717) is 6.54 Å². The van der Waals surface area contributed by atoms with Gasteiger partial charge in [-0.2, -0.15) is 13.9 Å². The second-order valence-corrected chi connectivity index (χ2v) is 5.15. The lowest BCUT2D eigenvalue weighted by Gasteiger charge is -2.04. The highest BCUT2D eigenvalue weighted by Crippen LogP contribution is 2.15. The number of halogens is 2. The summed E-state index contributed by atoms with van der Waals surface area (Å²) < 4.78 is 30.2. The summed E-state index contributed by atoms with van der Waals surface area (Å²) in [5.41, 5.74) is 1.69. The van der Waals surface area contributed by atoms with Crippen molar-refractivity contribution in [2.75, 3.05) is 6.54 Å². The third-order valence-electron chi connectivity index (χ3n) is 3.17. The number of aryl methyl sites for hydroxylation is 2. The van der Waals surface area contributed by atoms with E-state index in [0.717, 1.165) is 24.2 Å². The number of rotatable bonds is 8. The standard InChI is InChI=1S/C17H19F2N3O2/c1-13-9-12-22(21-13)11-2-10-20-16(23)8-5-14-3-6-15(7-4-14)24-17(18)19/h3-9,12,17H,2,10-11H2,1H3,(H,20,23)/b8-5-. The van der Waals surface area contributed by atoms with Crippen molar-refractivity contribution in [1.29, 1.82) is 0 Å². The maximum absolute atomic E-state index is 12.0. The number of ether oxygens (including phenoxy) is 1. The first kappa shape index (κ1) is 17.7. The Morgan fingerprint density at radius 1 is 1.33 bits per heavy atom. The van der Waals surface area contributed by atoms with Crippen molar-refractivity contribution in [3.05, 3.63) is 53.9 Å². The zero-order valence-electron chi connectivity index (χ0n) is 13.3. The number of benzene rings is 1. The summed E-state index contributed by atoms with van der Waals surface area (Å²) in [6.07, 6.45) is 5.69. The molecule has 0 bridgehead atoms. The zero-order valence-corrected chi connectivity index (χ0v) is 13.3. The molecule has 1 N–H and O–H groups in total. The number of carbonyl (C=O) groups excluding carboxylic acids is 1. The topological polar surface area (TPSA) is 56.2 Å². The monoisotopic (exact) mass is 335 g/mol. The van der Waals surface area contributed by atoms with Crippen LogP contribution >= 0.6 is 0 Å². The number of carbonyl (C=O) groups is 1. The molecule has 0 radical (unpaired) electrons. The van der Waals surface area contributed by atoms with E-state index in [-0.39, 0.29) is 11.7 Å². The van der Waals surface area contributed by atoms with Crippen LogP contribution in [0.4, 0.5) is 8.78 Å². The Morgan fingerprint density at radius 3 is 2.71 bits per heavy atom. The Kier molecular flexibility index (Phi) is 6.48. The fraction of sp³-hybridized carbons (Fsp3) is 0.294. The van der Waals surface area contributed by atoms with Crippen LogP contribution in [0, 0.1) is 6.92 Å². The van der Waals surface area contributed by atoms with E-state index >= 15 is 0 Å². The van der Waals surface area contributed by atoms with Crippen LogP contribution < -0.4 is 10.1 Å². The van der Waals surface area contributed by atoms with Crippen molar-refractivity contribution >= 4 is 12.0 Å². The Labute approximate surface area is 138 Å². The van der Waals surface area contributed by atoms with Crippen LogP contribution in [-0.4, -0.2) is 28.8 Å². The van der Waals surface area contributed by atoms with Gasteiger partial charge in [-0.3, -0.25) is 9.48 Å². The average molecular weight is 335 g/mol. The predicted octanol–water partition coefficient (Wildman–Crippen LogP) is 3.01. The largest absolute Gasteiger partial charge is 0.435 e. The van der Waals surface area contributed by atoms with Crippen molar-refractivity contribution in [3.63, 3.8) is 0 Å². The van der Waals surface area contributed by atoms with E-state index in [4.69, 9.17) is 0 Å². The van der Waals surface area contributed by atoms with Crippen LogP contribution in [0.3, 0.4) is 0 Å². The number of alkyl halides is 2. The highest BCUT2D eigenvalue weighted by atomic mass is 19.3. The molecule has 2 aromatic rings. The maximum Gasteiger partial charge on any atom is 0.387 e. The summed E-state index contributed by atoms with van der Waals surface area (Å²) in [6, 6.07) is 7.98. The molecule has 0 saturated carbocycles. The molecular formula is C17H19F2N3O2. The molecule has 0 aliphatic heterocycles. The van der Waals surface area contributed by atoms with Crippen molar-refractivity contribution in [2.45, 2.75) is 26.5 Å². The SMILES string of the molecule is Cc1ccn(CCCNC(=O)/C=C\c2ccc(OC(F)F)cc2)n1. The van der Waals surface area contributed by atoms with Gasteiger partial charge in [-0.1, -0.05) is 12.1 Å². The van der Waals surface area contributed by atoms with Gasteiger partial charge in [0, 0.05) is 25.4 Å². The Hall–Kier alpha value is -2.70. The van der Waals surface area contributed by atoms with Crippen LogP contribution in [0.1, 0.15) is 17.7 Å². The molecule has 7 heteroatoms. The molecular weight excluding hydrogens is 316 g/mol. The minimum atomic E-state index is -2.84. The molecule has 0 unspecified atom stereocenters. The number of hydrogen-bond acceptors (Lipinski definition) is 3. The Bertz CT molecular complexity index is 681. The van der Waals surface area contributed by atoms with Crippen LogP contribution in [0.15, 0.2) is 42.6 Å². The van der Waals surface area contributed by atoms with Gasteiger partial charge < -0.3 is 10.1 Å². The summed E-state index contributed by atoms with van der Waals surface area (Å²) in [4.78, 5) is 11.7. The first-order valence-electron chi connectivity index (χ1n) is 7.54. The van der Waals surface area contributed by atoms with E-state index in [1.807, 2.05) is 23.9 Å². The quantitative estimate of drug-likeness (QED) is 0.596. The molecule has 1 heterocycles. The van der Waals surface area contributed by atoms with Crippen LogP contribution in [-0.2, 0) is 11.3 Å². The lowest BCUT2D eigenvalue weighted by Crippen LogP contribution is -2.23. The molecule has 0 saturated heterocycles. The molecule has 0 atom stereocenters. The number of amides is 1. The van der Waals surface area contributed by atoms with E-state index in [1.54, 1.807) is 18.2 Å². The first-order valence-corrected chi connectivity index (χ1v) is 7.54. The molecule has 0 aliphatic rings. The van der Waals surface area contributed by atoms with E-state index in [9.17, 15) is 13.6 Å². The first-order chi connectivity index (χ1) is 11.5. The summed E-state index contributed by atoms with van der Waals surface area (Å²) in [5, 5.41) is 7.04. The van der Waals surface area contributed by atoms with Gasteiger partial charge in [0.05, 0.1) is 5.69 Å². The molecule has 5 nitrogen and oxygen atoms in total. The summed E-state index contributed by atoms with van der Waals surface area (Å²) >= 11 is 0. The second kappa shape index (κ2) is 8.81. The van der Waals surface area contributed by atoms with Crippen LogP contribution in [0.2, 0.25) is 0 Å². The molecule has 0 fully saturated rings. The number of nitrogens with one attached hydrogen (secondary N) is 1. The summed E-state index contributed by atoms with van der Waals surface area (Å²) in [7, 11) is 0. The summed E-state index contributed by atoms with van der Waals surface area (Å²) in [6.45, 7) is 0.366. The Morgan fingerprint density at radius 2 is 2.08 bits per heavy atom. The molecule has 1 aromatic heterocycles. The van der Waals surface area contributed by atoms with Crippen molar-refractivity contribution in [2.24, 2.45) is 0 Å². The lowest BCUT2D eigenvalue weighted by atomic mass is 10.2. The number of nitrogens with zero attached hydrogens (tertiary/aromatic N) is 2. The minimum Gasteiger partial charge on any atom is -0.435 e. The van der Waals surface area contributed by atoms with Crippen molar-refractivity contribution < 1.29 is 18.3 Å². The highest BCUT2D eigenvalue weighted by Gasteiger charge is 2.03. The molecule has 0 aliphatic carbocycles. The molecule has 24 heavy (non-hydrogen) atoms. The Balaban J connectivity index is 1.70. The molecule has 1 amide bonds. The normalized spacial score (nSPS) is 11.2.